The second-order valence-electron chi connectivity index (χ2n) is 6.72. The lowest BCUT2D eigenvalue weighted by Gasteiger charge is -2.33. The van der Waals surface area contributed by atoms with E-state index in [1.165, 1.54) is 12.1 Å². The summed E-state index contributed by atoms with van der Waals surface area (Å²) in [4.78, 5) is 15.2. The number of anilines is 1. The molecule has 1 aliphatic rings. The third kappa shape index (κ3) is 5.47. The molecule has 0 unspecified atom stereocenters. The van der Waals surface area contributed by atoms with E-state index in [1.807, 2.05) is 35.2 Å². The maximum Gasteiger partial charge on any atom is 0.416 e. The van der Waals surface area contributed by atoms with Crippen molar-refractivity contribution in [3.8, 4) is 0 Å². The van der Waals surface area contributed by atoms with Gasteiger partial charge < -0.3 is 15.1 Å². The number of alkyl halides is 3. The molecule has 3 rings (SSSR count). The molecule has 1 heterocycles. The van der Waals surface area contributed by atoms with Crippen molar-refractivity contribution in [2.24, 2.45) is 0 Å². The lowest BCUT2D eigenvalue weighted by molar-refractivity contribution is -0.892. The number of rotatable bonds is 5. The van der Waals surface area contributed by atoms with Crippen LogP contribution in [0.3, 0.4) is 0 Å². The average molecular weight is 378 g/mol. The second-order valence-corrected chi connectivity index (χ2v) is 6.72. The summed E-state index contributed by atoms with van der Waals surface area (Å²) in [5.74, 6) is -0.0126. The van der Waals surface area contributed by atoms with Crippen molar-refractivity contribution >= 4 is 11.6 Å². The number of amides is 1. The molecule has 1 saturated heterocycles. The quantitative estimate of drug-likeness (QED) is 0.832. The standard InChI is InChI=1S/C20H22F3N3O/c21-20(22,23)17-7-4-8-18(13-17)26-11-9-25(10-12-26)15-19(27)24-14-16-5-2-1-3-6-16/h1-8,13H,9-12,14-15H2,(H,24,27)/p+1. The summed E-state index contributed by atoms with van der Waals surface area (Å²) >= 11 is 0. The van der Waals surface area contributed by atoms with Gasteiger partial charge in [-0.25, -0.2) is 0 Å². The van der Waals surface area contributed by atoms with Crippen LogP contribution in [0.4, 0.5) is 18.9 Å². The van der Waals surface area contributed by atoms with Gasteiger partial charge >= 0.3 is 6.18 Å². The van der Waals surface area contributed by atoms with Gasteiger partial charge in [0.05, 0.1) is 31.7 Å². The molecule has 0 atom stereocenters. The fourth-order valence-electron chi connectivity index (χ4n) is 3.22. The van der Waals surface area contributed by atoms with E-state index in [0.29, 0.717) is 31.9 Å². The van der Waals surface area contributed by atoms with E-state index in [2.05, 4.69) is 5.32 Å². The number of piperazine rings is 1. The maximum atomic E-state index is 12.9. The largest absolute Gasteiger partial charge is 0.416 e. The molecule has 0 aromatic heterocycles. The highest BCUT2D eigenvalue weighted by atomic mass is 19.4. The summed E-state index contributed by atoms with van der Waals surface area (Å²) in [6, 6.07) is 15.1. The zero-order valence-corrected chi connectivity index (χ0v) is 14.9. The van der Waals surface area contributed by atoms with Gasteiger partial charge in [-0.2, -0.15) is 13.2 Å². The van der Waals surface area contributed by atoms with E-state index in [0.717, 1.165) is 29.6 Å². The molecule has 2 aromatic carbocycles. The van der Waals surface area contributed by atoms with Crippen LogP contribution in [-0.2, 0) is 17.5 Å². The topological polar surface area (TPSA) is 36.8 Å². The maximum absolute atomic E-state index is 12.9. The first-order valence-corrected chi connectivity index (χ1v) is 8.98. The van der Waals surface area contributed by atoms with Crippen LogP contribution in [0.2, 0.25) is 0 Å². The molecule has 0 bridgehead atoms. The summed E-state index contributed by atoms with van der Waals surface area (Å²) in [5.41, 5.74) is 1.00. The van der Waals surface area contributed by atoms with Crippen LogP contribution in [0.25, 0.3) is 0 Å². The van der Waals surface area contributed by atoms with Gasteiger partial charge in [-0.05, 0) is 23.8 Å². The number of benzene rings is 2. The van der Waals surface area contributed by atoms with Crippen molar-refractivity contribution in [3.63, 3.8) is 0 Å². The van der Waals surface area contributed by atoms with E-state index in [9.17, 15) is 18.0 Å². The Kier molecular flexibility index (Phi) is 6.01. The summed E-state index contributed by atoms with van der Waals surface area (Å²) in [5, 5.41) is 2.91. The summed E-state index contributed by atoms with van der Waals surface area (Å²) in [6.07, 6.45) is -4.33. The molecule has 0 spiro atoms. The van der Waals surface area contributed by atoms with Crippen LogP contribution in [0.5, 0.6) is 0 Å². The molecule has 27 heavy (non-hydrogen) atoms. The molecule has 144 valence electrons. The van der Waals surface area contributed by atoms with Gasteiger partial charge in [0.25, 0.3) is 5.91 Å². The number of nitrogens with one attached hydrogen (secondary N) is 2. The molecule has 2 N–H and O–H groups in total. The predicted molar refractivity (Wildman–Crippen MR) is 97.5 cm³/mol. The number of hydrogen-bond acceptors (Lipinski definition) is 2. The van der Waals surface area contributed by atoms with Gasteiger partial charge in [0.15, 0.2) is 6.54 Å². The number of nitrogens with zero attached hydrogens (tertiary/aromatic N) is 1. The van der Waals surface area contributed by atoms with Crippen LogP contribution in [0, 0.1) is 0 Å². The third-order valence-corrected chi connectivity index (χ3v) is 4.75. The Balaban J connectivity index is 1.47. The van der Waals surface area contributed by atoms with Crippen LogP contribution < -0.4 is 15.1 Å². The predicted octanol–water partition coefficient (Wildman–Crippen LogP) is 1.73. The highest BCUT2D eigenvalue weighted by molar-refractivity contribution is 5.76. The normalized spacial score (nSPS) is 15.6. The fourth-order valence-corrected chi connectivity index (χ4v) is 3.22. The highest BCUT2D eigenvalue weighted by Gasteiger charge is 2.31. The van der Waals surface area contributed by atoms with Crippen molar-refractivity contribution < 1.29 is 22.9 Å². The molecule has 0 saturated carbocycles. The van der Waals surface area contributed by atoms with Gasteiger partial charge in [-0.3, -0.25) is 4.79 Å². The number of carbonyl (C=O) groups excluding carboxylic acids is 1. The van der Waals surface area contributed by atoms with E-state index in [4.69, 9.17) is 0 Å². The van der Waals surface area contributed by atoms with Crippen LogP contribution >= 0.6 is 0 Å². The molecule has 1 aliphatic heterocycles. The highest BCUT2D eigenvalue weighted by Crippen LogP contribution is 2.31. The third-order valence-electron chi connectivity index (χ3n) is 4.75. The zero-order valence-electron chi connectivity index (χ0n) is 14.9. The lowest BCUT2D eigenvalue weighted by atomic mass is 10.1. The minimum Gasteiger partial charge on any atom is -0.360 e. The molecule has 0 aliphatic carbocycles. The smallest absolute Gasteiger partial charge is 0.360 e. The lowest BCUT2D eigenvalue weighted by Crippen LogP contribution is -3.15. The molecule has 4 nitrogen and oxygen atoms in total. The molecular formula is C20H23F3N3O+. The molecule has 7 heteroatoms. The number of quaternary nitrogens is 1. The fraction of sp³-hybridized carbons (Fsp3) is 0.350. The molecular weight excluding hydrogens is 355 g/mol. The van der Waals surface area contributed by atoms with Crippen LogP contribution in [-0.4, -0.2) is 38.6 Å². The van der Waals surface area contributed by atoms with Gasteiger partial charge in [0.2, 0.25) is 0 Å². The first kappa shape index (κ1) is 19.2. The SMILES string of the molecule is O=C(C[NH+]1CCN(c2cccc(C(F)(F)F)c2)CC1)NCc1ccccc1. The Morgan fingerprint density at radius 2 is 1.74 bits per heavy atom. The molecule has 0 radical (unpaired) electrons. The van der Waals surface area contributed by atoms with Gasteiger partial charge in [-0.15, -0.1) is 0 Å². The summed E-state index contributed by atoms with van der Waals surface area (Å²) in [7, 11) is 0. The summed E-state index contributed by atoms with van der Waals surface area (Å²) < 4.78 is 38.6. The minimum atomic E-state index is -4.33. The Bertz CT molecular complexity index is 757. The number of carbonyl (C=O) groups is 1. The van der Waals surface area contributed by atoms with Gasteiger partial charge in [0.1, 0.15) is 0 Å². The Labute approximate surface area is 156 Å². The van der Waals surface area contributed by atoms with E-state index in [-0.39, 0.29) is 5.91 Å². The molecule has 2 aromatic rings. The van der Waals surface area contributed by atoms with E-state index >= 15 is 0 Å². The van der Waals surface area contributed by atoms with Crippen molar-refractivity contribution in [2.75, 3.05) is 37.6 Å². The van der Waals surface area contributed by atoms with E-state index in [1.54, 1.807) is 6.07 Å². The first-order chi connectivity index (χ1) is 12.9. The minimum absolute atomic E-state index is 0.0126. The van der Waals surface area contributed by atoms with E-state index < -0.39 is 11.7 Å². The summed E-state index contributed by atoms with van der Waals surface area (Å²) in [6.45, 7) is 3.57. The second kappa shape index (κ2) is 8.43. The zero-order chi connectivity index (χ0) is 19.3. The Hall–Kier alpha value is -2.54. The average Bonchev–Trinajstić information content (AvgIpc) is 2.67. The monoisotopic (exact) mass is 378 g/mol. The van der Waals surface area contributed by atoms with Gasteiger partial charge in [-0.1, -0.05) is 36.4 Å². The Morgan fingerprint density at radius 3 is 2.41 bits per heavy atom. The molecule has 1 amide bonds. The van der Waals surface area contributed by atoms with Crippen molar-refractivity contribution in [2.45, 2.75) is 12.7 Å². The Morgan fingerprint density at radius 1 is 1.04 bits per heavy atom. The molecule has 1 fully saturated rings. The first-order valence-electron chi connectivity index (χ1n) is 8.98. The van der Waals surface area contributed by atoms with Crippen LogP contribution in [0.1, 0.15) is 11.1 Å². The van der Waals surface area contributed by atoms with Crippen molar-refractivity contribution in [3.05, 3.63) is 65.7 Å². The van der Waals surface area contributed by atoms with Gasteiger partial charge in [0, 0.05) is 12.2 Å². The van der Waals surface area contributed by atoms with Crippen molar-refractivity contribution in [1.29, 1.82) is 0 Å². The number of hydrogen-bond donors (Lipinski definition) is 2. The van der Waals surface area contributed by atoms with Crippen molar-refractivity contribution in [1.82, 2.24) is 5.32 Å². The number of halogens is 3. The van der Waals surface area contributed by atoms with Crippen LogP contribution in [0.15, 0.2) is 54.6 Å².